The second kappa shape index (κ2) is 7.25. The van der Waals surface area contributed by atoms with Crippen LogP contribution in [-0.2, 0) is 27.2 Å². The van der Waals surface area contributed by atoms with Gasteiger partial charge in [0.15, 0.2) is 11.2 Å². The van der Waals surface area contributed by atoms with E-state index in [1.807, 2.05) is 0 Å². The molecule has 3 aromatic heterocycles. The predicted molar refractivity (Wildman–Crippen MR) is 104 cm³/mol. The first-order valence-electron chi connectivity index (χ1n) is 8.62. The first kappa shape index (κ1) is 19.0. The van der Waals surface area contributed by atoms with Crippen molar-refractivity contribution in [2.45, 2.75) is 13.2 Å². The molecule has 4 aromatic rings. The Bertz CT molecular complexity index is 1300. The minimum absolute atomic E-state index is 0.0361. The zero-order valence-electron chi connectivity index (χ0n) is 15.6. The van der Waals surface area contributed by atoms with E-state index in [0.29, 0.717) is 5.76 Å². The fraction of sp³-hybridized carbons (Fsp3) is 0.211. The number of rotatable bonds is 5. The lowest BCUT2D eigenvalue weighted by molar-refractivity contribution is 0.242. The molecule has 0 atom stereocenters. The highest BCUT2D eigenvalue weighted by Crippen LogP contribution is 2.25. The summed E-state index contributed by atoms with van der Waals surface area (Å²) in [5.74, 6) is 0.00676. The van der Waals surface area contributed by atoms with Gasteiger partial charge < -0.3 is 9.15 Å². The number of hydrogen-bond acceptors (Lipinski definition) is 5. The van der Waals surface area contributed by atoms with Gasteiger partial charge in [0.05, 0.1) is 12.8 Å². The van der Waals surface area contributed by atoms with Crippen molar-refractivity contribution in [1.29, 1.82) is 0 Å². The molecule has 0 aliphatic rings. The average Bonchev–Trinajstić information content (AvgIpc) is 3.34. The number of halogens is 2. The van der Waals surface area contributed by atoms with Gasteiger partial charge >= 0.3 is 5.69 Å². The van der Waals surface area contributed by atoms with Crippen molar-refractivity contribution in [3.05, 3.63) is 79.6 Å². The fourth-order valence-corrected chi connectivity index (χ4v) is 3.28. The molecule has 3 heterocycles. The Balaban J connectivity index is 1.92. The summed E-state index contributed by atoms with van der Waals surface area (Å²) in [6, 6.07) is 7.78. The van der Waals surface area contributed by atoms with Crippen LogP contribution < -0.4 is 16.0 Å². The molecule has 4 rings (SSSR count). The van der Waals surface area contributed by atoms with Crippen LogP contribution in [0.25, 0.3) is 11.2 Å². The predicted octanol–water partition coefficient (Wildman–Crippen LogP) is 2.45. The maximum absolute atomic E-state index is 14.4. The van der Waals surface area contributed by atoms with Crippen LogP contribution in [0, 0.1) is 5.82 Å². The summed E-state index contributed by atoms with van der Waals surface area (Å²) in [6.07, 6.45) is 1.50. The third-order valence-corrected chi connectivity index (χ3v) is 4.97. The van der Waals surface area contributed by atoms with E-state index in [0.717, 1.165) is 4.57 Å². The van der Waals surface area contributed by atoms with Gasteiger partial charge in [-0.3, -0.25) is 18.5 Å². The van der Waals surface area contributed by atoms with Gasteiger partial charge in [0.25, 0.3) is 11.6 Å². The molecular weight excluding hydrogens is 403 g/mol. The first-order chi connectivity index (χ1) is 13.9. The Morgan fingerprint density at radius 2 is 1.97 bits per heavy atom. The SMILES string of the molecule is Cn1c(=O)c2c(nc(OCc3ccco3)n2Cc2c(F)cccc2Cl)n(C)c1=O. The lowest BCUT2D eigenvalue weighted by Gasteiger charge is -2.11. The molecule has 10 heteroatoms. The topological polar surface area (TPSA) is 84.2 Å². The van der Waals surface area contributed by atoms with Gasteiger partial charge in [-0.1, -0.05) is 17.7 Å². The highest BCUT2D eigenvalue weighted by molar-refractivity contribution is 6.31. The maximum Gasteiger partial charge on any atom is 0.332 e. The number of imidazole rings is 1. The Kier molecular flexibility index (Phi) is 4.75. The van der Waals surface area contributed by atoms with Crippen LogP contribution in [0.1, 0.15) is 11.3 Å². The molecule has 0 bridgehead atoms. The third kappa shape index (κ3) is 3.23. The molecule has 0 aliphatic heterocycles. The number of benzene rings is 1. The smallest absolute Gasteiger partial charge is 0.332 e. The van der Waals surface area contributed by atoms with Gasteiger partial charge in [-0.05, 0) is 24.3 Å². The van der Waals surface area contributed by atoms with E-state index in [2.05, 4.69) is 4.98 Å². The molecule has 0 radical (unpaired) electrons. The van der Waals surface area contributed by atoms with E-state index in [1.165, 1.54) is 41.6 Å². The number of fused-ring (bicyclic) bond motifs is 1. The van der Waals surface area contributed by atoms with Crippen molar-refractivity contribution in [2.24, 2.45) is 14.1 Å². The highest BCUT2D eigenvalue weighted by atomic mass is 35.5. The van der Waals surface area contributed by atoms with E-state index < -0.39 is 17.1 Å². The summed E-state index contributed by atoms with van der Waals surface area (Å²) in [7, 11) is 2.86. The maximum atomic E-state index is 14.4. The summed E-state index contributed by atoms with van der Waals surface area (Å²) >= 11 is 6.17. The summed E-state index contributed by atoms with van der Waals surface area (Å²) < 4.78 is 29.0. The van der Waals surface area contributed by atoms with Crippen molar-refractivity contribution in [2.75, 3.05) is 0 Å². The second-order valence-corrected chi connectivity index (χ2v) is 6.83. The lowest BCUT2D eigenvalue weighted by atomic mass is 10.2. The normalized spacial score (nSPS) is 11.3. The minimum Gasteiger partial charge on any atom is -0.466 e. The zero-order chi connectivity index (χ0) is 20.7. The Morgan fingerprint density at radius 3 is 2.66 bits per heavy atom. The molecular formula is C19H16ClFN4O4. The first-order valence-corrected chi connectivity index (χ1v) is 9.00. The van der Waals surface area contributed by atoms with Crippen LogP contribution in [0.15, 0.2) is 50.6 Å². The van der Waals surface area contributed by atoms with E-state index in [9.17, 15) is 14.0 Å². The van der Waals surface area contributed by atoms with Crippen LogP contribution >= 0.6 is 11.6 Å². The summed E-state index contributed by atoms with van der Waals surface area (Å²) in [6.45, 7) is -0.0709. The van der Waals surface area contributed by atoms with Crippen molar-refractivity contribution >= 4 is 22.8 Å². The third-order valence-electron chi connectivity index (χ3n) is 4.61. The quantitative estimate of drug-likeness (QED) is 0.497. The van der Waals surface area contributed by atoms with Gasteiger partial charge in [0, 0.05) is 24.7 Å². The minimum atomic E-state index is -0.573. The van der Waals surface area contributed by atoms with Crippen LogP contribution in [-0.4, -0.2) is 18.7 Å². The van der Waals surface area contributed by atoms with Gasteiger partial charge in [-0.2, -0.15) is 4.98 Å². The standard InChI is InChI=1S/C19H16ClFN4O4/c1-23-16-15(17(26)24(2)19(23)27)25(9-12-13(20)6-3-7-14(12)21)18(22-16)29-10-11-5-4-8-28-11/h3-8H,9-10H2,1-2H3. The van der Waals surface area contributed by atoms with Crippen LogP contribution in [0.4, 0.5) is 4.39 Å². The number of aromatic nitrogens is 4. The number of aryl methyl sites for hydroxylation is 1. The van der Waals surface area contributed by atoms with Gasteiger partial charge in [-0.15, -0.1) is 0 Å². The average molecular weight is 419 g/mol. The lowest BCUT2D eigenvalue weighted by Crippen LogP contribution is -2.37. The summed E-state index contributed by atoms with van der Waals surface area (Å²) in [5.41, 5.74) is -0.708. The molecule has 8 nitrogen and oxygen atoms in total. The van der Waals surface area contributed by atoms with Gasteiger partial charge in [-0.25, -0.2) is 9.18 Å². The monoisotopic (exact) mass is 418 g/mol. The molecule has 0 aliphatic carbocycles. The number of hydrogen-bond donors (Lipinski definition) is 0. The highest BCUT2D eigenvalue weighted by Gasteiger charge is 2.22. The summed E-state index contributed by atoms with van der Waals surface area (Å²) in [4.78, 5) is 29.4. The van der Waals surface area contributed by atoms with E-state index in [4.69, 9.17) is 20.8 Å². The molecule has 0 spiro atoms. The molecule has 0 N–H and O–H groups in total. The number of furan rings is 1. The number of nitrogens with zero attached hydrogens (tertiary/aromatic N) is 4. The molecule has 1 aromatic carbocycles. The molecule has 0 saturated carbocycles. The van der Waals surface area contributed by atoms with E-state index in [-0.39, 0.29) is 40.9 Å². The Hall–Kier alpha value is -3.33. The van der Waals surface area contributed by atoms with Gasteiger partial charge in [0.1, 0.15) is 18.2 Å². The summed E-state index contributed by atoms with van der Waals surface area (Å²) in [5, 5.41) is 0.200. The molecule has 0 saturated heterocycles. The van der Waals surface area contributed by atoms with Gasteiger partial charge in [0.2, 0.25) is 0 Å². The molecule has 0 unspecified atom stereocenters. The van der Waals surface area contributed by atoms with Crippen molar-refractivity contribution in [1.82, 2.24) is 18.7 Å². The van der Waals surface area contributed by atoms with E-state index >= 15 is 0 Å². The molecule has 150 valence electrons. The van der Waals surface area contributed by atoms with Crippen LogP contribution in [0.2, 0.25) is 5.02 Å². The molecule has 29 heavy (non-hydrogen) atoms. The number of ether oxygens (including phenoxy) is 1. The van der Waals surface area contributed by atoms with Crippen LogP contribution in [0.3, 0.4) is 0 Å². The molecule has 0 fully saturated rings. The zero-order valence-corrected chi connectivity index (χ0v) is 16.3. The second-order valence-electron chi connectivity index (χ2n) is 6.43. The fourth-order valence-electron chi connectivity index (χ4n) is 3.06. The largest absolute Gasteiger partial charge is 0.466 e. The van der Waals surface area contributed by atoms with Crippen LogP contribution in [0.5, 0.6) is 6.01 Å². The van der Waals surface area contributed by atoms with E-state index in [1.54, 1.807) is 18.2 Å². The van der Waals surface area contributed by atoms with Crippen molar-refractivity contribution in [3.8, 4) is 6.01 Å². The Labute approximate surface area is 168 Å². The van der Waals surface area contributed by atoms with Crippen molar-refractivity contribution in [3.63, 3.8) is 0 Å². The molecule has 0 amide bonds. The van der Waals surface area contributed by atoms with Crippen molar-refractivity contribution < 1.29 is 13.5 Å². The Morgan fingerprint density at radius 1 is 1.17 bits per heavy atom.